The summed E-state index contributed by atoms with van der Waals surface area (Å²) >= 11 is 5.88. The Hall–Kier alpha value is -3.10. The molecule has 3 aromatic rings. The lowest BCUT2D eigenvalue weighted by atomic mass is 10.2. The summed E-state index contributed by atoms with van der Waals surface area (Å²) in [4.78, 5) is 12.2. The van der Waals surface area contributed by atoms with Gasteiger partial charge >= 0.3 is 0 Å². The van der Waals surface area contributed by atoms with Gasteiger partial charge in [0.15, 0.2) is 0 Å². The van der Waals surface area contributed by atoms with E-state index in [2.05, 4.69) is 10.5 Å². The molecule has 1 heterocycles. The van der Waals surface area contributed by atoms with Gasteiger partial charge in [0.1, 0.15) is 5.76 Å². The summed E-state index contributed by atoms with van der Waals surface area (Å²) in [6.45, 7) is 0.148. The van der Waals surface area contributed by atoms with Gasteiger partial charge in [0.05, 0.1) is 31.0 Å². The molecule has 0 spiro atoms. The zero-order valence-corrected chi connectivity index (χ0v) is 17.0. The third kappa shape index (κ3) is 5.69. The van der Waals surface area contributed by atoms with E-state index >= 15 is 0 Å². The van der Waals surface area contributed by atoms with E-state index in [-0.39, 0.29) is 6.54 Å². The fourth-order valence-electron chi connectivity index (χ4n) is 2.52. The average molecular weight is 432 g/mol. The highest BCUT2D eigenvalue weighted by molar-refractivity contribution is 7.92. The first-order valence-corrected chi connectivity index (χ1v) is 10.7. The standard InChI is InChI=1S/C20H18ClN3O4S/c1-29(26,27)24(14-15-4-8-17(21)9-5-15)18-10-6-16(7-11-18)20(25)23-22-13-19-3-2-12-28-19/h2-13H,14H2,1H3,(H,23,25)/b22-13+. The highest BCUT2D eigenvalue weighted by atomic mass is 35.5. The molecule has 1 N–H and O–H groups in total. The van der Waals surface area contributed by atoms with Gasteiger partial charge in [0, 0.05) is 10.6 Å². The molecule has 2 aromatic carbocycles. The molecule has 1 aromatic heterocycles. The van der Waals surface area contributed by atoms with Gasteiger partial charge in [-0.1, -0.05) is 23.7 Å². The lowest BCUT2D eigenvalue weighted by Crippen LogP contribution is -2.29. The molecule has 0 saturated carbocycles. The zero-order valence-electron chi connectivity index (χ0n) is 15.4. The molecule has 0 saturated heterocycles. The number of hydrogen-bond donors (Lipinski definition) is 1. The van der Waals surface area contributed by atoms with Gasteiger partial charge < -0.3 is 4.42 Å². The van der Waals surface area contributed by atoms with Gasteiger partial charge in [-0.05, 0) is 54.1 Å². The maximum atomic E-state index is 12.3. The second-order valence-electron chi connectivity index (χ2n) is 6.16. The minimum atomic E-state index is -3.53. The summed E-state index contributed by atoms with van der Waals surface area (Å²) in [5.74, 6) is 0.0783. The number of hydrogen-bond acceptors (Lipinski definition) is 5. The van der Waals surface area contributed by atoms with Crippen molar-refractivity contribution in [2.45, 2.75) is 6.54 Å². The Labute approximate surface area is 173 Å². The Morgan fingerprint density at radius 3 is 2.41 bits per heavy atom. The number of anilines is 1. The van der Waals surface area contributed by atoms with E-state index in [4.69, 9.17) is 16.0 Å². The SMILES string of the molecule is CS(=O)(=O)N(Cc1ccc(Cl)cc1)c1ccc(C(=O)N/N=C/c2ccco2)cc1. The van der Waals surface area contributed by atoms with Crippen molar-refractivity contribution in [1.29, 1.82) is 0 Å². The number of nitrogens with zero attached hydrogens (tertiary/aromatic N) is 2. The molecule has 29 heavy (non-hydrogen) atoms. The summed E-state index contributed by atoms with van der Waals surface area (Å²) in [5, 5.41) is 4.39. The zero-order chi connectivity index (χ0) is 20.9. The van der Waals surface area contributed by atoms with Crippen LogP contribution in [0.1, 0.15) is 21.7 Å². The molecule has 0 aliphatic heterocycles. The van der Waals surface area contributed by atoms with Gasteiger partial charge in [0.25, 0.3) is 5.91 Å². The number of amides is 1. The highest BCUT2D eigenvalue weighted by Gasteiger charge is 2.18. The maximum absolute atomic E-state index is 12.3. The molecule has 1 amide bonds. The van der Waals surface area contributed by atoms with Crippen LogP contribution in [-0.2, 0) is 16.6 Å². The molecule has 0 fully saturated rings. The van der Waals surface area contributed by atoms with Crippen molar-refractivity contribution >= 4 is 39.4 Å². The van der Waals surface area contributed by atoms with Crippen LogP contribution >= 0.6 is 11.6 Å². The Balaban J connectivity index is 1.73. The number of carbonyl (C=O) groups excluding carboxylic acids is 1. The van der Waals surface area contributed by atoms with Crippen LogP contribution in [0.3, 0.4) is 0 Å². The van der Waals surface area contributed by atoms with Crippen molar-refractivity contribution in [2.75, 3.05) is 10.6 Å². The van der Waals surface area contributed by atoms with E-state index in [1.807, 2.05) is 0 Å². The molecular formula is C20H18ClN3O4S. The number of carbonyl (C=O) groups is 1. The van der Waals surface area contributed by atoms with Crippen LogP contribution in [0.25, 0.3) is 0 Å². The van der Waals surface area contributed by atoms with E-state index in [0.29, 0.717) is 22.0 Å². The number of benzene rings is 2. The molecule has 9 heteroatoms. The number of furan rings is 1. The van der Waals surface area contributed by atoms with Crippen molar-refractivity contribution in [1.82, 2.24) is 5.43 Å². The highest BCUT2D eigenvalue weighted by Crippen LogP contribution is 2.22. The van der Waals surface area contributed by atoms with Crippen LogP contribution in [0.5, 0.6) is 0 Å². The van der Waals surface area contributed by atoms with Crippen molar-refractivity contribution in [3.8, 4) is 0 Å². The number of halogens is 1. The Morgan fingerprint density at radius 2 is 1.83 bits per heavy atom. The summed E-state index contributed by atoms with van der Waals surface area (Å²) in [7, 11) is -3.53. The van der Waals surface area contributed by atoms with E-state index in [1.165, 1.54) is 28.9 Å². The third-order valence-corrected chi connectivity index (χ3v) is 5.35. The van der Waals surface area contributed by atoms with Crippen molar-refractivity contribution in [2.24, 2.45) is 5.10 Å². The fourth-order valence-corrected chi connectivity index (χ4v) is 3.53. The summed E-state index contributed by atoms with van der Waals surface area (Å²) in [6.07, 6.45) is 4.01. The van der Waals surface area contributed by atoms with Crippen LogP contribution in [-0.4, -0.2) is 26.8 Å². The summed E-state index contributed by atoms with van der Waals surface area (Å²) in [5.41, 5.74) is 3.95. The van der Waals surface area contributed by atoms with E-state index in [1.54, 1.807) is 48.5 Å². The number of hydrazone groups is 1. The minimum absolute atomic E-state index is 0.148. The minimum Gasteiger partial charge on any atom is -0.463 e. The summed E-state index contributed by atoms with van der Waals surface area (Å²) < 4.78 is 30.9. The van der Waals surface area contributed by atoms with Gasteiger partial charge in [0.2, 0.25) is 10.0 Å². The average Bonchev–Trinajstić information content (AvgIpc) is 3.20. The third-order valence-electron chi connectivity index (χ3n) is 3.96. The van der Waals surface area contributed by atoms with Crippen LogP contribution < -0.4 is 9.73 Å². The molecule has 3 rings (SSSR count). The molecule has 0 aliphatic rings. The smallest absolute Gasteiger partial charge is 0.271 e. The Morgan fingerprint density at radius 1 is 1.14 bits per heavy atom. The van der Waals surface area contributed by atoms with Gasteiger partial charge in [-0.25, -0.2) is 13.8 Å². The molecule has 7 nitrogen and oxygen atoms in total. The quantitative estimate of drug-likeness (QED) is 0.456. The first kappa shape index (κ1) is 20.6. The lowest BCUT2D eigenvalue weighted by Gasteiger charge is -2.22. The molecule has 0 unspecified atom stereocenters. The molecule has 0 radical (unpaired) electrons. The normalized spacial score (nSPS) is 11.5. The monoisotopic (exact) mass is 431 g/mol. The second-order valence-corrected chi connectivity index (χ2v) is 8.50. The first-order chi connectivity index (χ1) is 13.8. The molecule has 0 bridgehead atoms. The second kappa shape index (κ2) is 8.93. The molecular weight excluding hydrogens is 414 g/mol. The summed E-state index contributed by atoms with van der Waals surface area (Å²) in [6, 6.07) is 16.6. The van der Waals surface area contributed by atoms with Crippen LogP contribution in [0.15, 0.2) is 76.4 Å². The van der Waals surface area contributed by atoms with Crippen LogP contribution in [0, 0.1) is 0 Å². The number of nitrogens with one attached hydrogen (secondary N) is 1. The van der Waals surface area contributed by atoms with Gasteiger partial charge in [-0.15, -0.1) is 0 Å². The van der Waals surface area contributed by atoms with E-state index in [0.717, 1.165) is 11.8 Å². The van der Waals surface area contributed by atoms with Gasteiger partial charge in [-0.2, -0.15) is 5.10 Å². The fraction of sp³-hybridized carbons (Fsp3) is 0.100. The first-order valence-electron chi connectivity index (χ1n) is 8.52. The topological polar surface area (TPSA) is 92.0 Å². The Kier molecular flexibility index (Phi) is 6.36. The Bertz CT molecular complexity index is 1090. The predicted molar refractivity (Wildman–Crippen MR) is 113 cm³/mol. The molecule has 150 valence electrons. The van der Waals surface area contributed by atoms with E-state index < -0.39 is 15.9 Å². The van der Waals surface area contributed by atoms with Crippen LogP contribution in [0.4, 0.5) is 5.69 Å². The lowest BCUT2D eigenvalue weighted by molar-refractivity contribution is 0.0955. The van der Waals surface area contributed by atoms with Crippen molar-refractivity contribution in [3.05, 3.63) is 88.8 Å². The maximum Gasteiger partial charge on any atom is 0.271 e. The van der Waals surface area contributed by atoms with Gasteiger partial charge in [-0.3, -0.25) is 9.10 Å². The predicted octanol–water partition coefficient (Wildman–Crippen LogP) is 3.66. The van der Waals surface area contributed by atoms with Crippen molar-refractivity contribution in [3.63, 3.8) is 0 Å². The molecule has 0 aliphatic carbocycles. The van der Waals surface area contributed by atoms with Crippen molar-refractivity contribution < 1.29 is 17.6 Å². The largest absolute Gasteiger partial charge is 0.463 e. The number of rotatable bonds is 7. The molecule has 0 atom stereocenters. The van der Waals surface area contributed by atoms with E-state index in [9.17, 15) is 13.2 Å². The number of sulfonamides is 1. The van der Waals surface area contributed by atoms with Crippen LogP contribution in [0.2, 0.25) is 5.02 Å².